The number of aromatic hydroxyl groups is 1. The van der Waals surface area contributed by atoms with Crippen LogP contribution in [0.4, 0.5) is 11.6 Å². The number of rotatable bonds is 6. The van der Waals surface area contributed by atoms with Gasteiger partial charge in [0, 0.05) is 30.1 Å². The molecule has 144 valence electrons. The van der Waals surface area contributed by atoms with E-state index in [2.05, 4.69) is 25.6 Å². The zero-order chi connectivity index (χ0) is 20.4. The Hall–Kier alpha value is -3.56. The highest BCUT2D eigenvalue weighted by atomic mass is 16.5. The minimum absolute atomic E-state index is 0.00177. The van der Waals surface area contributed by atoms with Crippen LogP contribution in [0, 0.1) is 0 Å². The summed E-state index contributed by atoms with van der Waals surface area (Å²) in [5.41, 5.74) is 2.95. The molecular formula is C20H18BN5O3. The second-order valence-corrected chi connectivity index (χ2v) is 6.37. The molecule has 0 saturated carbocycles. The number of pyridine rings is 1. The average molecular weight is 387 g/mol. The van der Waals surface area contributed by atoms with E-state index in [0.29, 0.717) is 34.3 Å². The highest BCUT2D eigenvalue weighted by Crippen LogP contribution is 2.27. The van der Waals surface area contributed by atoms with E-state index in [1.165, 1.54) is 6.07 Å². The summed E-state index contributed by atoms with van der Waals surface area (Å²) in [7, 11) is 7.26. The maximum atomic E-state index is 9.85. The number of phenolic OH excluding ortho intramolecular Hbond substituents is 1. The number of nitrogens with zero attached hydrogens (tertiary/aromatic N) is 2. The number of ether oxygens (including phenoxy) is 1. The van der Waals surface area contributed by atoms with Crippen LogP contribution in [-0.2, 0) is 0 Å². The lowest BCUT2D eigenvalue weighted by Gasteiger charge is -2.10. The van der Waals surface area contributed by atoms with Crippen molar-refractivity contribution in [3.63, 3.8) is 0 Å². The summed E-state index contributed by atoms with van der Waals surface area (Å²) in [5, 5.41) is 25.4. The quantitative estimate of drug-likeness (QED) is 0.255. The van der Waals surface area contributed by atoms with Gasteiger partial charge in [-0.05, 0) is 31.3 Å². The van der Waals surface area contributed by atoms with Crippen molar-refractivity contribution in [2.75, 3.05) is 12.4 Å². The maximum absolute atomic E-state index is 9.85. The van der Waals surface area contributed by atoms with Crippen LogP contribution in [0.15, 0.2) is 54.7 Å². The van der Waals surface area contributed by atoms with Gasteiger partial charge in [0.15, 0.2) is 0 Å². The number of hydrogen-bond donors (Lipinski definition) is 5. The Morgan fingerprint density at radius 2 is 1.93 bits per heavy atom. The van der Waals surface area contributed by atoms with E-state index >= 15 is 0 Å². The maximum Gasteiger partial charge on any atom is 0.205 e. The van der Waals surface area contributed by atoms with Gasteiger partial charge in [-0.25, -0.2) is 4.98 Å². The van der Waals surface area contributed by atoms with Gasteiger partial charge in [-0.1, -0.05) is 11.5 Å². The summed E-state index contributed by atoms with van der Waals surface area (Å²) in [6, 6.07) is 13.7. The lowest BCUT2D eigenvalue weighted by molar-refractivity contribution is 0.144. The van der Waals surface area contributed by atoms with Gasteiger partial charge in [0.1, 0.15) is 31.3 Å². The van der Waals surface area contributed by atoms with Gasteiger partial charge in [-0.3, -0.25) is 10.3 Å². The summed E-state index contributed by atoms with van der Waals surface area (Å²) < 4.78 is 5.88. The van der Waals surface area contributed by atoms with Gasteiger partial charge < -0.3 is 25.3 Å². The third-order valence-electron chi connectivity index (χ3n) is 4.29. The molecule has 1 unspecified atom stereocenters. The number of aliphatic hydroxyl groups is 1. The second kappa shape index (κ2) is 7.82. The van der Waals surface area contributed by atoms with Crippen LogP contribution in [-0.4, -0.2) is 40.1 Å². The highest BCUT2D eigenvalue weighted by molar-refractivity contribution is 6.34. The van der Waals surface area contributed by atoms with Crippen molar-refractivity contribution in [3.05, 3.63) is 60.4 Å². The number of H-pyrrole nitrogens is 1. The summed E-state index contributed by atoms with van der Waals surface area (Å²) in [4.78, 5) is 11.7. The summed E-state index contributed by atoms with van der Waals surface area (Å²) in [6.07, 6.45) is 0.708. The normalized spacial score (nSPS) is 12.1. The molecule has 2 aromatic heterocycles. The standard InChI is InChI=1S/C20H18BN5O3/c1-22-19(28)17-10-13(6-7-23-17)29-12-3-5-15-16(9-12)26-20(25-15)24-11-2-4-14(21)18(27)8-11/h2-10,19,22,27-28H,1H3,(H2,24,25,26). The van der Waals surface area contributed by atoms with Crippen LogP contribution >= 0.6 is 0 Å². The first-order valence-electron chi connectivity index (χ1n) is 8.86. The Labute approximate surface area is 168 Å². The zero-order valence-corrected chi connectivity index (χ0v) is 15.5. The molecule has 0 saturated heterocycles. The van der Waals surface area contributed by atoms with Gasteiger partial charge in [-0.15, -0.1) is 0 Å². The lowest BCUT2D eigenvalue weighted by atomic mass is 9.95. The molecule has 4 aromatic rings. The smallest absolute Gasteiger partial charge is 0.205 e. The number of benzene rings is 2. The molecule has 4 rings (SSSR count). The van der Waals surface area contributed by atoms with E-state index in [0.717, 1.165) is 11.0 Å². The molecule has 2 aromatic carbocycles. The number of anilines is 2. The molecule has 9 heteroatoms. The van der Waals surface area contributed by atoms with E-state index in [1.54, 1.807) is 43.6 Å². The fourth-order valence-corrected chi connectivity index (χ4v) is 2.79. The van der Waals surface area contributed by atoms with Crippen LogP contribution in [0.25, 0.3) is 11.0 Å². The van der Waals surface area contributed by atoms with Crippen molar-refractivity contribution in [2.24, 2.45) is 0 Å². The van der Waals surface area contributed by atoms with E-state index in [9.17, 15) is 10.2 Å². The van der Waals surface area contributed by atoms with Crippen molar-refractivity contribution in [1.82, 2.24) is 20.3 Å². The van der Waals surface area contributed by atoms with Crippen LogP contribution < -0.4 is 20.8 Å². The first-order valence-corrected chi connectivity index (χ1v) is 8.86. The van der Waals surface area contributed by atoms with Gasteiger partial charge in [0.05, 0.1) is 16.7 Å². The molecule has 0 aliphatic heterocycles. The minimum Gasteiger partial charge on any atom is -0.509 e. The number of imidazole rings is 1. The summed E-state index contributed by atoms with van der Waals surface area (Å²) in [5.74, 6) is 1.68. The third kappa shape index (κ3) is 4.15. The monoisotopic (exact) mass is 387 g/mol. The fraction of sp³-hybridized carbons (Fsp3) is 0.100. The Kier molecular flexibility index (Phi) is 5.07. The molecule has 29 heavy (non-hydrogen) atoms. The van der Waals surface area contributed by atoms with Crippen molar-refractivity contribution in [1.29, 1.82) is 0 Å². The number of phenols is 1. The number of hydrogen-bond acceptors (Lipinski definition) is 7. The molecule has 2 heterocycles. The van der Waals surface area contributed by atoms with Gasteiger partial charge in [0.2, 0.25) is 5.95 Å². The molecule has 8 nitrogen and oxygen atoms in total. The highest BCUT2D eigenvalue weighted by Gasteiger charge is 2.09. The first kappa shape index (κ1) is 18.8. The van der Waals surface area contributed by atoms with Crippen LogP contribution in [0.5, 0.6) is 17.2 Å². The minimum atomic E-state index is -0.866. The topological polar surface area (TPSA) is 115 Å². The number of aliphatic hydroxyl groups excluding tert-OH is 1. The Morgan fingerprint density at radius 3 is 2.72 bits per heavy atom. The number of fused-ring (bicyclic) bond motifs is 1. The summed E-state index contributed by atoms with van der Waals surface area (Å²) in [6.45, 7) is 0. The van der Waals surface area contributed by atoms with E-state index in [1.807, 2.05) is 12.1 Å². The Morgan fingerprint density at radius 1 is 1.10 bits per heavy atom. The molecule has 5 N–H and O–H groups in total. The number of aromatic nitrogens is 3. The zero-order valence-electron chi connectivity index (χ0n) is 15.5. The van der Waals surface area contributed by atoms with E-state index in [4.69, 9.17) is 12.6 Å². The van der Waals surface area contributed by atoms with Gasteiger partial charge in [-0.2, -0.15) is 0 Å². The SMILES string of the molecule is [B]c1ccc(Nc2nc3ccc(Oc4ccnc(C(O)NC)c4)cc3[nH]2)cc1O. The molecule has 0 aliphatic carbocycles. The molecule has 2 radical (unpaired) electrons. The Bertz CT molecular complexity index is 1160. The molecule has 0 amide bonds. The molecule has 0 aliphatic rings. The van der Waals surface area contributed by atoms with Crippen molar-refractivity contribution < 1.29 is 14.9 Å². The largest absolute Gasteiger partial charge is 0.509 e. The van der Waals surface area contributed by atoms with Gasteiger partial charge in [0.25, 0.3) is 0 Å². The molecule has 0 fully saturated rings. The molecule has 0 spiro atoms. The Balaban J connectivity index is 1.54. The van der Waals surface area contributed by atoms with Crippen molar-refractivity contribution in [3.8, 4) is 17.2 Å². The van der Waals surface area contributed by atoms with Crippen molar-refractivity contribution in [2.45, 2.75) is 6.23 Å². The van der Waals surface area contributed by atoms with E-state index < -0.39 is 6.23 Å². The third-order valence-corrected chi connectivity index (χ3v) is 4.29. The predicted molar refractivity (Wildman–Crippen MR) is 111 cm³/mol. The van der Waals surface area contributed by atoms with Gasteiger partial charge >= 0.3 is 0 Å². The number of aromatic amines is 1. The lowest BCUT2D eigenvalue weighted by Crippen LogP contribution is -2.16. The van der Waals surface area contributed by atoms with Crippen LogP contribution in [0.3, 0.4) is 0 Å². The number of nitrogens with one attached hydrogen (secondary N) is 3. The first-order chi connectivity index (χ1) is 14.0. The predicted octanol–water partition coefficient (Wildman–Crippen LogP) is 2.20. The van der Waals surface area contributed by atoms with Crippen LogP contribution in [0.2, 0.25) is 0 Å². The molecule has 0 bridgehead atoms. The summed E-state index contributed by atoms with van der Waals surface area (Å²) >= 11 is 0. The second-order valence-electron chi connectivity index (χ2n) is 6.37. The van der Waals surface area contributed by atoms with Crippen molar-refractivity contribution >= 4 is 36.0 Å². The van der Waals surface area contributed by atoms with Crippen LogP contribution in [0.1, 0.15) is 11.9 Å². The fourth-order valence-electron chi connectivity index (χ4n) is 2.79. The van der Waals surface area contributed by atoms with E-state index in [-0.39, 0.29) is 5.75 Å². The molecule has 1 atom stereocenters. The molecular weight excluding hydrogens is 369 g/mol. The average Bonchev–Trinajstić information content (AvgIpc) is 3.12.